The first-order chi connectivity index (χ1) is 12.8. The molecule has 0 aromatic heterocycles. The Balaban J connectivity index is 1.48. The average Bonchev–Trinajstić information content (AvgIpc) is 3.11. The minimum atomic E-state index is -4.46. The molecule has 1 aliphatic rings. The second-order valence-corrected chi connectivity index (χ2v) is 6.54. The van der Waals surface area contributed by atoms with E-state index in [2.05, 4.69) is 5.32 Å². The molecule has 7 heteroatoms. The summed E-state index contributed by atoms with van der Waals surface area (Å²) in [7, 11) is 0. The van der Waals surface area contributed by atoms with E-state index in [1.165, 1.54) is 23.3 Å². The van der Waals surface area contributed by atoms with E-state index < -0.39 is 17.8 Å². The number of nitrogens with one attached hydrogen (secondary N) is 1. The number of carbonyl (C=O) groups is 1. The highest BCUT2D eigenvalue weighted by Gasteiger charge is 2.30. The van der Waals surface area contributed by atoms with E-state index in [1.54, 1.807) is 6.07 Å². The van der Waals surface area contributed by atoms with Gasteiger partial charge in [0.25, 0.3) is 5.91 Å². The number of hydrogen-bond acceptors (Lipinski definition) is 3. The molecule has 2 aromatic rings. The lowest BCUT2D eigenvalue weighted by molar-refractivity contribution is -0.137. The van der Waals surface area contributed by atoms with E-state index in [0.29, 0.717) is 5.56 Å². The summed E-state index contributed by atoms with van der Waals surface area (Å²) >= 11 is 0. The first-order valence-corrected chi connectivity index (χ1v) is 8.71. The van der Waals surface area contributed by atoms with Crippen molar-refractivity contribution < 1.29 is 27.8 Å². The normalized spacial score (nSPS) is 14.5. The van der Waals surface area contributed by atoms with Gasteiger partial charge in [0, 0.05) is 12.1 Å². The van der Waals surface area contributed by atoms with Gasteiger partial charge in [-0.2, -0.15) is 13.2 Å². The number of amides is 1. The van der Waals surface area contributed by atoms with E-state index in [-0.39, 0.29) is 24.8 Å². The number of hydrogen-bond donors (Lipinski definition) is 2. The lowest BCUT2D eigenvalue weighted by Gasteiger charge is -2.15. The van der Waals surface area contributed by atoms with Crippen LogP contribution in [0.15, 0.2) is 42.5 Å². The molecule has 2 N–H and O–H groups in total. The van der Waals surface area contributed by atoms with Crippen LogP contribution >= 0.6 is 0 Å². The molecule has 1 unspecified atom stereocenters. The van der Waals surface area contributed by atoms with Crippen molar-refractivity contribution in [1.29, 1.82) is 0 Å². The topological polar surface area (TPSA) is 58.6 Å². The number of aliphatic hydroxyl groups is 1. The summed E-state index contributed by atoms with van der Waals surface area (Å²) in [4.78, 5) is 12.2. The molecule has 0 spiro atoms. The summed E-state index contributed by atoms with van der Waals surface area (Å²) in [5.74, 6) is -0.295. The molecule has 0 saturated carbocycles. The van der Waals surface area contributed by atoms with Gasteiger partial charge in [-0.1, -0.05) is 12.1 Å². The second-order valence-electron chi connectivity index (χ2n) is 6.54. The van der Waals surface area contributed by atoms with Gasteiger partial charge in [0.05, 0.1) is 5.56 Å². The van der Waals surface area contributed by atoms with E-state index in [1.807, 2.05) is 12.1 Å². The van der Waals surface area contributed by atoms with Crippen molar-refractivity contribution in [2.24, 2.45) is 0 Å². The van der Waals surface area contributed by atoms with Crippen molar-refractivity contribution in [3.8, 4) is 5.75 Å². The molecule has 1 atom stereocenters. The number of benzene rings is 2. The number of fused-ring (bicyclic) bond motifs is 1. The molecule has 0 fully saturated rings. The summed E-state index contributed by atoms with van der Waals surface area (Å²) in [6, 6.07) is 10.00. The molecule has 4 nitrogen and oxygen atoms in total. The Kier molecular flexibility index (Phi) is 5.70. The lowest BCUT2D eigenvalue weighted by atomic mass is 10.1. The second kappa shape index (κ2) is 8.00. The highest BCUT2D eigenvalue weighted by Crippen LogP contribution is 2.31. The van der Waals surface area contributed by atoms with Crippen molar-refractivity contribution in [1.82, 2.24) is 5.32 Å². The zero-order valence-electron chi connectivity index (χ0n) is 14.6. The zero-order chi connectivity index (χ0) is 19.4. The van der Waals surface area contributed by atoms with Gasteiger partial charge in [-0.3, -0.25) is 4.79 Å². The SMILES string of the molecule is O=C(NCC(O)COc1cccc(C(F)(F)F)c1)c1ccc2c(c1)CCC2. The molecule has 0 saturated heterocycles. The van der Waals surface area contributed by atoms with Gasteiger partial charge in [0.15, 0.2) is 0 Å². The monoisotopic (exact) mass is 379 g/mol. The fourth-order valence-corrected chi connectivity index (χ4v) is 3.04. The summed E-state index contributed by atoms with van der Waals surface area (Å²) in [5, 5.41) is 12.5. The molecule has 0 radical (unpaired) electrons. The Morgan fingerprint density at radius 2 is 1.93 bits per heavy atom. The summed E-state index contributed by atoms with van der Waals surface area (Å²) in [6.45, 7) is -0.291. The number of carbonyl (C=O) groups excluding carboxylic acids is 1. The Hall–Kier alpha value is -2.54. The van der Waals surface area contributed by atoms with Crippen LogP contribution in [0.4, 0.5) is 13.2 Å². The number of alkyl halides is 3. The average molecular weight is 379 g/mol. The van der Waals surface area contributed by atoms with Crippen LogP contribution in [0.3, 0.4) is 0 Å². The standard InChI is InChI=1S/C20H20F3NO3/c21-20(22,23)16-5-2-6-18(10-16)27-12-17(25)11-24-19(26)15-8-7-13-3-1-4-14(13)9-15/h2,5-10,17,25H,1,3-4,11-12H2,(H,24,26). The summed E-state index contributed by atoms with van der Waals surface area (Å²) < 4.78 is 43.2. The largest absolute Gasteiger partial charge is 0.491 e. The van der Waals surface area contributed by atoms with Crippen molar-refractivity contribution >= 4 is 5.91 Å². The summed E-state index contributed by atoms with van der Waals surface area (Å²) in [6.07, 6.45) is -2.42. The molecule has 0 bridgehead atoms. The minimum Gasteiger partial charge on any atom is -0.491 e. The Bertz CT molecular complexity index is 820. The predicted molar refractivity (Wildman–Crippen MR) is 93.7 cm³/mol. The smallest absolute Gasteiger partial charge is 0.416 e. The third kappa shape index (κ3) is 5.01. The predicted octanol–water partition coefficient (Wildman–Crippen LogP) is 3.36. The van der Waals surface area contributed by atoms with Gasteiger partial charge in [0.1, 0.15) is 18.5 Å². The fraction of sp³-hybridized carbons (Fsp3) is 0.350. The molecule has 144 valence electrons. The van der Waals surface area contributed by atoms with E-state index in [9.17, 15) is 23.1 Å². The number of rotatable bonds is 6. The minimum absolute atomic E-state index is 0.00817. The van der Waals surface area contributed by atoms with E-state index in [0.717, 1.165) is 31.4 Å². The molecular formula is C20H20F3NO3. The van der Waals surface area contributed by atoms with Crippen molar-refractivity contribution in [3.05, 3.63) is 64.7 Å². The van der Waals surface area contributed by atoms with Crippen LogP contribution in [0, 0.1) is 0 Å². The van der Waals surface area contributed by atoms with Crippen LogP contribution in [0.25, 0.3) is 0 Å². The highest BCUT2D eigenvalue weighted by atomic mass is 19.4. The maximum Gasteiger partial charge on any atom is 0.416 e. The van der Waals surface area contributed by atoms with Gasteiger partial charge in [0.2, 0.25) is 0 Å². The van der Waals surface area contributed by atoms with Crippen LogP contribution in [0.1, 0.15) is 33.5 Å². The quantitative estimate of drug-likeness (QED) is 0.809. The number of aliphatic hydroxyl groups excluding tert-OH is 1. The van der Waals surface area contributed by atoms with Gasteiger partial charge < -0.3 is 15.2 Å². The van der Waals surface area contributed by atoms with Crippen molar-refractivity contribution in [3.63, 3.8) is 0 Å². The molecule has 0 heterocycles. The first kappa shape index (κ1) is 19.2. The van der Waals surface area contributed by atoms with Crippen LogP contribution < -0.4 is 10.1 Å². The fourth-order valence-electron chi connectivity index (χ4n) is 3.04. The van der Waals surface area contributed by atoms with Crippen LogP contribution in [-0.2, 0) is 19.0 Å². The number of aryl methyl sites for hydroxylation is 2. The van der Waals surface area contributed by atoms with Crippen LogP contribution in [0.5, 0.6) is 5.75 Å². The van der Waals surface area contributed by atoms with Gasteiger partial charge >= 0.3 is 6.18 Å². The maximum absolute atomic E-state index is 12.7. The molecule has 3 rings (SSSR count). The zero-order valence-corrected chi connectivity index (χ0v) is 14.6. The third-order valence-electron chi connectivity index (χ3n) is 4.46. The highest BCUT2D eigenvalue weighted by molar-refractivity contribution is 5.94. The van der Waals surface area contributed by atoms with Gasteiger partial charge in [-0.05, 0) is 60.7 Å². The molecule has 27 heavy (non-hydrogen) atoms. The van der Waals surface area contributed by atoms with Crippen LogP contribution in [0.2, 0.25) is 0 Å². The first-order valence-electron chi connectivity index (χ1n) is 8.71. The van der Waals surface area contributed by atoms with E-state index in [4.69, 9.17) is 4.74 Å². The van der Waals surface area contributed by atoms with Crippen molar-refractivity contribution in [2.75, 3.05) is 13.2 Å². The molecule has 1 amide bonds. The number of ether oxygens (including phenoxy) is 1. The van der Waals surface area contributed by atoms with Crippen LogP contribution in [-0.4, -0.2) is 30.3 Å². The van der Waals surface area contributed by atoms with E-state index >= 15 is 0 Å². The number of halogens is 3. The Morgan fingerprint density at radius 3 is 2.70 bits per heavy atom. The van der Waals surface area contributed by atoms with Gasteiger partial charge in [-0.25, -0.2) is 0 Å². The Morgan fingerprint density at radius 1 is 1.15 bits per heavy atom. The lowest BCUT2D eigenvalue weighted by Crippen LogP contribution is -2.35. The summed E-state index contributed by atoms with van der Waals surface area (Å²) in [5.41, 5.74) is 2.15. The third-order valence-corrected chi connectivity index (χ3v) is 4.46. The Labute approximate surface area is 155 Å². The molecule has 1 aliphatic carbocycles. The maximum atomic E-state index is 12.7. The van der Waals surface area contributed by atoms with Crippen molar-refractivity contribution in [2.45, 2.75) is 31.5 Å². The molecular weight excluding hydrogens is 359 g/mol. The van der Waals surface area contributed by atoms with Gasteiger partial charge in [-0.15, -0.1) is 0 Å². The molecule has 0 aliphatic heterocycles. The molecule has 2 aromatic carbocycles.